The van der Waals surface area contributed by atoms with Crippen LogP contribution in [0.5, 0.6) is 0 Å². The van der Waals surface area contributed by atoms with Crippen LogP contribution in [0.1, 0.15) is 5.56 Å². The van der Waals surface area contributed by atoms with E-state index in [9.17, 15) is 4.79 Å². The normalized spacial score (nSPS) is 21.3. The van der Waals surface area contributed by atoms with E-state index in [-0.39, 0.29) is 0 Å². The van der Waals surface area contributed by atoms with Gasteiger partial charge in [0, 0.05) is 25.7 Å². The average molecular weight is 204 g/mol. The molecule has 3 heteroatoms. The van der Waals surface area contributed by atoms with Gasteiger partial charge in [-0.1, -0.05) is 30.3 Å². The molecule has 0 aliphatic carbocycles. The maximum atomic E-state index is 10.9. The Kier molecular flexibility index (Phi) is 3.35. The molecule has 1 aromatic carbocycles. The van der Waals surface area contributed by atoms with Crippen LogP contribution >= 0.6 is 0 Å². The molecular formula is C12H16N2O. The summed E-state index contributed by atoms with van der Waals surface area (Å²) in [7, 11) is 0. The zero-order valence-corrected chi connectivity index (χ0v) is 8.73. The minimum Gasteiger partial charge on any atom is -0.339 e. The van der Waals surface area contributed by atoms with Gasteiger partial charge in [0.25, 0.3) is 0 Å². The summed E-state index contributed by atoms with van der Waals surface area (Å²) in [5, 5.41) is 3.32. The molecule has 1 heterocycles. The third-order valence-corrected chi connectivity index (χ3v) is 2.85. The van der Waals surface area contributed by atoms with E-state index in [1.54, 1.807) is 0 Å². The molecule has 3 nitrogen and oxygen atoms in total. The van der Waals surface area contributed by atoms with E-state index in [0.29, 0.717) is 6.04 Å². The first-order valence-corrected chi connectivity index (χ1v) is 5.36. The Bertz CT molecular complexity index is 313. The quantitative estimate of drug-likeness (QED) is 0.734. The van der Waals surface area contributed by atoms with Crippen LogP contribution in [-0.2, 0) is 11.2 Å². The van der Waals surface area contributed by atoms with Crippen LogP contribution in [0.4, 0.5) is 0 Å². The Balaban J connectivity index is 2.00. The smallest absolute Gasteiger partial charge is 0.210 e. The number of amides is 1. The highest BCUT2D eigenvalue weighted by Gasteiger charge is 2.20. The first-order valence-electron chi connectivity index (χ1n) is 5.36. The molecule has 0 radical (unpaired) electrons. The first kappa shape index (κ1) is 10.2. The molecule has 1 unspecified atom stereocenters. The molecular weight excluding hydrogens is 188 g/mol. The Morgan fingerprint density at radius 2 is 2.20 bits per heavy atom. The van der Waals surface area contributed by atoms with Crippen molar-refractivity contribution in [1.82, 2.24) is 10.2 Å². The molecule has 1 aromatic rings. The Morgan fingerprint density at radius 3 is 2.93 bits per heavy atom. The number of hydrogen-bond acceptors (Lipinski definition) is 2. The predicted octanol–water partition coefficient (Wildman–Crippen LogP) is 0.659. The lowest BCUT2D eigenvalue weighted by Crippen LogP contribution is -2.51. The number of benzene rings is 1. The highest BCUT2D eigenvalue weighted by molar-refractivity contribution is 5.48. The third kappa shape index (κ3) is 2.57. The van der Waals surface area contributed by atoms with Crippen molar-refractivity contribution in [2.45, 2.75) is 12.5 Å². The summed E-state index contributed by atoms with van der Waals surface area (Å²) in [6, 6.07) is 10.6. The largest absolute Gasteiger partial charge is 0.339 e. The highest BCUT2D eigenvalue weighted by atomic mass is 16.1. The number of rotatable bonds is 3. The van der Waals surface area contributed by atoms with Crippen LogP contribution in [0, 0.1) is 0 Å². The van der Waals surface area contributed by atoms with Gasteiger partial charge in [-0.2, -0.15) is 0 Å². The first-order chi connectivity index (χ1) is 7.40. The number of nitrogens with one attached hydrogen (secondary N) is 1. The van der Waals surface area contributed by atoms with Gasteiger partial charge in [-0.25, -0.2) is 0 Å². The fraction of sp³-hybridized carbons (Fsp3) is 0.417. The molecule has 1 saturated heterocycles. The molecule has 1 aliphatic rings. The molecule has 0 bridgehead atoms. The fourth-order valence-corrected chi connectivity index (χ4v) is 1.99. The molecule has 1 N–H and O–H groups in total. The topological polar surface area (TPSA) is 32.3 Å². The molecule has 80 valence electrons. The van der Waals surface area contributed by atoms with Crippen molar-refractivity contribution in [1.29, 1.82) is 0 Å². The molecule has 1 atom stereocenters. The van der Waals surface area contributed by atoms with Crippen LogP contribution < -0.4 is 5.32 Å². The molecule has 0 spiro atoms. The van der Waals surface area contributed by atoms with Gasteiger partial charge in [0.15, 0.2) is 0 Å². The maximum absolute atomic E-state index is 10.9. The van der Waals surface area contributed by atoms with Crippen molar-refractivity contribution in [2.75, 3.05) is 19.6 Å². The summed E-state index contributed by atoms with van der Waals surface area (Å²) in [4.78, 5) is 12.8. The van der Waals surface area contributed by atoms with Crippen molar-refractivity contribution in [3.05, 3.63) is 35.9 Å². The van der Waals surface area contributed by atoms with Gasteiger partial charge in [-0.05, 0) is 12.0 Å². The molecule has 1 aliphatic heterocycles. The third-order valence-electron chi connectivity index (χ3n) is 2.85. The molecule has 0 saturated carbocycles. The van der Waals surface area contributed by atoms with Crippen molar-refractivity contribution < 1.29 is 4.79 Å². The van der Waals surface area contributed by atoms with E-state index < -0.39 is 0 Å². The van der Waals surface area contributed by atoms with Gasteiger partial charge in [0.1, 0.15) is 0 Å². The maximum Gasteiger partial charge on any atom is 0.210 e. The fourth-order valence-electron chi connectivity index (χ4n) is 1.99. The second-order valence-corrected chi connectivity index (χ2v) is 3.89. The van der Waals surface area contributed by atoms with Crippen LogP contribution in [0.15, 0.2) is 30.3 Å². The van der Waals surface area contributed by atoms with Crippen molar-refractivity contribution in [3.8, 4) is 0 Å². The van der Waals surface area contributed by atoms with E-state index >= 15 is 0 Å². The number of piperazine rings is 1. The minimum absolute atomic E-state index is 0.304. The summed E-state index contributed by atoms with van der Waals surface area (Å²) in [5.74, 6) is 0. The van der Waals surface area contributed by atoms with Crippen molar-refractivity contribution in [2.24, 2.45) is 0 Å². The monoisotopic (exact) mass is 204 g/mol. The van der Waals surface area contributed by atoms with Gasteiger partial charge in [0.2, 0.25) is 6.41 Å². The Labute approximate surface area is 90.1 Å². The summed E-state index contributed by atoms with van der Waals surface area (Å²) >= 11 is 0. The van der Waals surface area contributed by atoms with Crippen LogP contribution in [-0.4, -0.2) is 37.0 Å². The van der Waals surface area contributed by atoms with Crippen LogP contribution in [0.25, 0.3) is 0 Å². The van der Waals surface area contributed by atoms with Crippen LogP contribution in [0.3, 0.4) is 0 Å². The Hall–Kier alpha value is -1.35. The van der Waals surface area contributed by atoms with Gasteiger partial charge in [-0.3, -0.25) is 4.79 Å². The molecule has 0 aromatic heterocycles. The summed E-state index contributed by atoms with van der Waals surface area (Å²) in [6.45, 7) is 2.62. The van der Waals surface area contributed by atoms with E-state index in [0.717, 1.165) is 32.5 Å². The van der Waals surface area contributed by atoms with E-state index in [1.807, 2.05) is 23.1 Å². The van der Waals surface area contributed by atoms with Gasteiger partial charge in [-0.15, -0.1) is 0 Å². The molecule has 2 rings (SSSR count). The summed E-state index contributed by atoms with van der Waals surface area (Å²) in [5.41, 5.74) is 1.29. The Morgan fingerprint density at radius 1 is 1.40 bits per heavy atom. The zero-order chi connectivity index (χ0) is 10.5. The van der Waals surface area contributed by atoms with Gasteiger partial charge >= 0.3 is 0 Å². The van der Waals surface area contributed by atoms with Crippen molar-refractivity contribution >= 4 is 6.41 Å². The van der Waals surface area contributed by atoms with Crippen molar-refractivity contribution in [3.63, 3.8) is 0 Å². The SMILES string of the molecule is O=CN1CCNCC1Cc1ccccc1. The average Bonchev–Trinajstić information content (AvgIpc) is 2.31. The number of nitrogens with zero attached hydrogens (tertiary/aromatic N) is 1. The number of hydrogen-bond donors (Lipinski definition) is 1. The number of carbonyl (C=O) groups excluding carboxylic acids is 1. The van der Waals surface area contributed by atoms with E-state index in [1.165, 1.54) is 5.56 Å². The number of carbonyl (C=O) groups is 1. The summed E-state index contributed by atoms with van der Waals surface area (Å²) < 4.78 is 0. The minimum atomic E-state index is 0.304. The zero-order valence-electron chi connectivity index (χ0n) is 8.73. The lowest BCUT2D eigenvalue weighted by molar-refractivity contribution is -0.120. The second-order valence-electron chi connectivity index (χ2n) is 3.89. The lowest BCUT2D eigenvalue weighted by atomic mass is 10.0. The molecule has 15 heavy (non-hydrogen) atoms. The standard InChI is InChI=1S/C12H16N2O/c15-10-14-7-6-13-9-12(14)8-11-4-2-1-3-5-11/h1-5,10,12-13H,6-9H2. The van der Waals surface area contributed by atoms with E-state index in [2.05, 4.69) is 17.4 Å². The lowest BCUT2D eigenvalue weighted by Gasteiger charge is -2.33. The van der Waals surface area contributed by atoms with E-state index in [4.69, 9.17) is 0 Å². The second kappa shape index (κ2) is 4.94. The summed E-state index contributed by atoms with van der Waals surface area (Å²) in [6.07, 6.45) is 1.90. The van der Waals surface area contributed by atoms with Gasteiger partial charge < -0.3 is 10.2 Å². The van der Waals surface area contributed by atoms with Crippen LogP contribution in [0.2, 0.25) is 0 Å². The van der Waals surface area contributed by atoms with Gasteiger partial charge in [0.05, 0.1) is 0 Å². The molecule has 1 amide bonds. The molecule has 1 fully saturated rings. The highest BCUT2D eigenvalue weighted by Crippen LogP contribution is 2.09. The predicted molar refractivity (Wildman–Crippen MR) is 59.6 cm³/mol.